The van der Waals surface area contributed by atoms with Crippen molar-refractivity contribution in [3.63, 3.8) is 0 Å². The van der Waals surface area contributed by atoms with Crippen LogP contribution in [0.2, 0.25) is 0 Å². The molecule has 0 radical (unpaired) electrons. The molecule has 0 bridgehead atoms. The van der Waals surface area contributed by atoms with Crippen molar-refractivity contribution in [1.82, 2.24) is 14.9 Å². The van der Waals surface area contributed by atoms with E-state index in [0.717, 1.165) is 23.5 Å². The van der Waals surface area contributed by atoms with E-state index in [1.165, 1.54) is 0 Å². The van der Waals surface area contributed by atoms with E-state index in [1.807, 2.05) is 49.9 Å². The van der Waals surface area contributed by atoms with E-state index in [4.69, 9.17) is 0 Å². The zero-order valence-electron chi connectivity index (χ0n) is 13.7. The maximum atomic E-state index is 12.1. The van der Waals surface area contributed by atoms with Crippen molar-refractivity contribution in [2.24, 2.45) is 7.05 Å². The number of anilines is 1. The van der Waals surface area contributed by atoms with Crippen LogP contribution in [-0.2, 0) is 13.6 Å². The zero-order chi connectivity index (χ0) is 16.1. The summed E-state index contributed by atoms with van der Waals surface area (Å²) in [5.41, 5.74) is 2.76. The lowest BCUT2D eigenvalue weighted by molar-refractivity contribution is 0.0939. The summed E-state index contributed by atoms with van der Waals surface area (Å²) in [5, 5.41) is 6.34. The summed E-state index contributed by atoms with van der Waals surface area (Å²) in [6.45, 7) is 6.72. The number of aryl methyl sites for hydroxylation is 2. The van der Waals surface area contributed by atoms with Crippen molar-refractivity contribution in [3.8, 4) is 0 Å². The number of carbonyl (C=O) groups is 1. The number of carbonyl (C=O) groups excluding carboxylic acids is 1. The topological polar surface area (TPSA) is 59.0 Å². The van der Waals surface area contributed by atoms with Gasteiger partial charge in [0.15, 0.2) is 0 Å². The lowest BCUT2D eigenvalue weighted by Crippen LogP contribution is -2.31. The Labute approximate surface area is 131 Å². The van der Waals surface area contributed by atoms with Crippen molar-refractivity contribution in [1.29, 1.82) is 0 Å². The first kappa shape index (κ1) is 16.1. The normalized spacial score (nSPS) is 12.0. The Morgan fingerprint density at radius 2 is 2.18 bits per heavy atom. The van der Waals surface area contributed by atoms with Crippen LogP contribution in [0.15, 0.2) is 30.6 Å². The number of hydrogen-bond acceptors (Lipinski definition) is 3. The molecule has 0 fully saturated rings. The molecule has 2 N–H and O–H groups in total. The fourth-order valence-electron chi connectivity index (χ4n) is 2.15. The molecule has 118 valence electrons. The molecule has 5 heteroatoms. The van der Waals surface area contributed by atoms with Gasteiger partial charge in [-0.05, 0) is 44.0 Å². The zero-order valence-corrected chi connectivity index (χ0v) is 13.7. The fraction of sp³-hybridized carbons (Fsp3) is 0.412. The molecule has 0 saturated carbocycles. The van der Waals surface area contributed by atoms with Crippen LogP contribution in [0.4, 0.5) is 5.69 Å². The lowest BCUT2D eigenvalue weighted by atomic mass is 10.1. The molecule has 0 aliphatic heterocycles. The summed E-state index contributed by atoms with van der Waals surface area (Å²) >= 11 is 0. The Bertz CT molecular complexity index is 648. The molecule has 2 aromatic rings. The largest absolute Gasteiger partial charge is 0.378 e. The molecule has 1 atom stereocenters. The van der Waals surface area contributed by atoms with Gasteiger partial charge in [-0.15, -0.1) is 0 Å². The number of nitrogens with zero attached hydrogens (tertiary/aromatic N) is 2. The van der Waals surface area contributed by atoms with Crippen LogP contribution in [0.1, 0.15) is 42.0 Å². The number of nitrogens with one attached hydrogen (secondary N) is 2. The molecule has 22 heavy (non-hydrogen) atoms. The van der Waals surface area contributed by atoms with Crippen molar-refractivity contribution < 1.29 is 4.79 Å². The highest BCUT2D eigenvalue weighted by Crippen LogP contribution is 2.17. The van der Waals surface area contributed by atoms with Crippen LogP contribution in [0, 0.1) is 6.92 Å². The van der Waals surface area contributed by atoms with Gasteiger partial charge in [-0.1, -0.05) is 6.92 Å². The van der Waals surface area contributed by atoms with Gasteiger partial charge < -0.3 is 15.2 Å². The second-order valence-corrected chi connectivity index (χ2v) is 5.62. The minimum atomic E-state index is -0.0203. The number of imidazole rings is 1. The highest BCUT2D eigenvalue weighted by Gasteiger charge is 2.10. The number of rotatable bonds is 6. The van der Waals surface area contributed by atoms with Gasteiger partial charge >= 0.3 is 0 Å². The number of aromatic nitrogens is 2. The molecule has 0 aliphatic rings. The molecule has 0 unspecified atom stereocenters. The first-order valence-electron chi connectivity index (χ1n) is 7.62. The van der Waals surface area contributed by atoms with Crippen LogP contribution in [-0.4, -0.2) is 21.5 Å². The van der Waals surface area contributed by atoms with Gasteiger partial charge in [-0.25, -0.2) is 4.98 Å². The van der Waals surface area contributed by atoms with Gasteiger partial charge in [0, 0.05) is 36.7 Å². The first-order chi connectivity index (χ1) is 10.5. The Morgan fingerprint density at radius 1 is 1.41 bits per heavy atom. The summed E-state index contributed by atoms with van der Waals surface area (Å²) in [7, 11) is 1.97. The summed E-state index contributed by atoms with van der Waals surface area (Å²) in [6, 6.07) is 5.90. The van der Waals surface area contributed by atoms with Crippen molar-refractivity contribution in [3.05, 3.63) is 47.5 Å². The molecule has 1 aromatic carbocycles. The van der Waals surface area contributed by atoms with Crippen LogP contribution in [0.3, 0.4) is 0 Å². The third-order valence-electron chi connectivity index (χ3n) is 3.84. The molecular weight excluding hydrogens is 276 g/mol. The van der Waals surface area contributed by atoms with Gasteiger partial charge in [0.1, 0.15) is 5.82 Å². The summed E-state index contributed by atoms with van der Waals surface area (Å²) < 4.78 is 1.98. The van der Waals surface area contributed by atoms with Crippen LogP contribution in [0.25, 0.3) is 0 Å². The molecule has 1 amide bonds. The van der Waals surface area contributed by atoms with Crippen LogP contribution >= 0.6 is 0 Å². The summed E-state index contributed by atoms with van der Waals surface area (Å²) in [5.74, 6) is 0.950. The van der Waals surface area contributed by atoms with E-state index < -0.39 is 0 Å². The van der Waals surface area contributed by atoms with Gasteiger partial charge in [-0.2, -0.15) is 0 Å². The standard InChI is InChI=1S/C17H24N4O/c1-5-13(3)20-17(22)14-6-7-15(12(2)10-14)19-11-16-18-8-9-21(16)4/h6-10,13,19H,5,11H2,1-4H3,(H,20,22)/t13-/m1/s1. The highest BCUT2D eigenvalue weighted by molar-refractivity contribution is 5.95. The highest BCUT2D eigenvalue weighted by atomic mass is 16.1. The molecule has 0 aliphatic carbocycles. The van der Waals surface area contributed by atoms with E-state index in [9.17, 15) is 4.79 Å². The van der Waals surface area contributed by atoms with Gasteiger partial charge in [0.2, 0.25) is 0 Å². The second kappa shape index (κ2) is 7.11. The quantitative estimate of drug-likeness (QED) is 0.862. The fourth-order valence-corrected chi connectivity index (χ4v) is 2.15. The van der Waals surface area contributed by atoms with Crippen molar-refractivity contribution in [2.75, 3.05) is 5.32 Å². The minimum absolute atomic E-state index is 0.0203. The molecule has 5 nitrogen and oxygen atoms in total. The Hall–Kier alpha value is -2.30. The molecule has 1 heterocycles. The van der Waals surface area contributed by atoms with Gasteiger partial charge in [0.25, 0.3) is 5.91 Å². The monoisotopic (exact) mass is 300 g/mol. The average Bonchev–Trinajstić information content (AvgIpc) is 2.91. The Balaban J connectivity index is 2.03. The van der Waals surface area contributed by atoms with E-state index in [0.29, 0.717) is 12.1 Å². The molecule has 2 rings (SSSR count). The number of hydrogen-bond donors (Lipinski definition) is 2. The van der Waals surface area contributed by atoms with Crippen molar-refractivity contribution >= 4 is 11.6 Å². The predicted molar refractivity (Wildman–Crippen MR) is 88.9 cm³/mol. The predicted octanol–water partition coefficient (Wildman–Crippen LogP) is 2.87. The van der Waals surface area contributed by atoms with E-state index in [-0.39, 0.29) is 11.9 Å². The first-order valence-corrected chi connectivity index (χ1v) is 7.62. The minimum Gasteiger partial charge on any atom is -0.378 e. The molecular formula is C17H24N4O. The molecule has 1 aromatic heterocycles. The van der Waals surface area contributed by atoms with Gasteiger partial charge in [-0.3, -0.25) is 4.79 Å². The average molecular weight is 300 g/mol. The van der Waals surface area contributed by atoms with Crippen molar-refractivity contribution in [2.45, 2.75) is 39.8 Å². The third kappa shape index (κ3) is 3.87. The smallest absolute Gasteiger partial charge is 0.251 e. The maximum Gasteiger partial charge on any atom is 0.251 e. The van der Waals surface area contributed by atoms with E-state index in [2.05, 4.69) is 22.5 Å². The Morgan fingerprint density at radius 3 is 2.77 bits per heavy atom. The molecule has 0 saturated heterocycles. The number of amides is 1. The molecule has 0 spiro atoms. The maximum absolute atomic E-state index is 12.1. The van der Waals surface area contributed by atoms with Gasteiger partial charge in [0.05, 0.1) is 6.54 Å². The SMILES string of the molecule is CC[C@@H](C)NC(=O)c1ccc(NCc2nccn2C)c(C)c1. The van der Waals surface area contributed by atoms with E-state index >= 15 is 0 Å². The van der Waals surface area contributed by atoms with Crippen LogP contribution < -0.4 is 10.6 Å². The lowest BCUT2D eigenvalue weighted by Gasteiger charge is -2.14. The third-order valence-corrected chi connectivity index (χ3v) is 3.84. The summed E-state index contributed by atoms with van der Waals surface area (Å²) in [6.07, 6.45) is 4.63. The summed E-state index contributed by atoms with van der Waals surface area (Å²) in [4.78, 5) is 16.4. The number of benzene rings is 1. The van der Waals surface area contributed by atoms with E-state index in [1.54, 1.807) is 6.20 Å². The second-order valence-electron chi connectivity index (χ2n) is 5.62. The van der Waals surface area contributed by atoms with Crippen LogP contribution in [0.5, 0.6) is 0 Å². The Kier molecular flexibility index (Phi) is 5.20.